The predicted molar refractivity (Wildman–Crippen MR) is 104 cm³/mol. The van der Waals surface area contributed by atoms with Crippen molar-refractivity contribution in [3.05, 3.63) is 42.5 Å². The minimum atomic E-state index is -0.751. The standard InChI is InChI=1S/C21H28N2O5/c24-20(25)11-7-2-1-6-10-16-17(19-13-12-18(16)28-19)14-22-23-21(26)27-15-8-4-3-5-9-15/h1,3-6,8-9,16-19,22H,2,7,10-14H2,(H,23,26)(H,24,25)/b6-1-/t16-,17-,18-,19+/m1/s1. The van der Waals surface area contributed by atoms with Gasteiger partial charge >= 0.3 is 12.1 Å². The number of hydrogen-bond acceptors (Lipinski definition) is 5. The van der Waals surface area contributed by atoms with Crippen LogP contribution in [-0.4, -0.2) is 35.9 Å². The Kier molecular flexibility index (Phi) is 7.45. The van der Waals surface area contributed by atoms with Crippen molar-refractivity contribution < 1.29 is 24.2 Å². The van der Waals surface area contributed by atoms with E-state index in [4.69, 9.17) is 14.6 Å². The molecule has 0 radical (unpaired) electrons. The number of hydrogen-bond donors (Lipinski definition) is 3. The summed E-state index contributed by atoms with van der Waals surface area (Å²) in [6, 6.07) is 8.92. The average Bonchev–Trinajstić information content (AvgIpc) is 3.27. The Morgan fingerprint density at radius 2 is 1.89 bits per heavy atom. The Balaban J connectivity index is 1.40. The average molecular weight is 388 g/mol. The summed E-state index contributed by atoms with van der Waals surface area (Å²) in [7, 11) is 0. The number of carbonyl (C=O) groups is 2. The number of unbranched alkanes of at least 4 members (excludes halogenated alkanes) is 1. The van der Waals surface area contributed by atoms with Gasteiger partial charge in [-0.2, -0.15) is 0 Å². The highest BCUT2D eigenvalue weighted by Crippen LogP contribution is 2.44. The lowest BCUT2D eigenvalue weighted by molar-refractivity contribution is -0.137. The Labute approximate surface area is 165 Å². The van der Waals surface area contributed by atoms with Crippen molar-refractivity contribution in [1.29, 1.82) is 0 Å². The molecule has 1 aromatic rings. The first-order chi connectivity index (χ1) is 13.6. The first kappa shape index (κ1) is 20.4. The molecule has 2 fully saturated rings. The van der Waals surface area contributed by atoms with Gasteiger partial charge in [0.2, 0.25) is 0 Å². The van der Waals surface area contributed by atoms with Crippen LogP contribution in [0.4, 0.5) is 4.79 Å². The van der Waals surface area contributed by atoms with E-state index in [0.29, 0.717) is 30.6 Å². The maximum atomic E-state index is 11.9. The second-order valence-electron chi connectivity index (χ2n) is 7.32. The molecule has 0 saturated carbocycles. The molecule has 2 saturated heterocycles. The first-order valence-corrected chi connectivity index (χ1v) is 9.91. The minimum absolute atomic E-state index is 0.207. The lowest BCUT2D eigenvalue weighted by atomic mass is 9.77. The summed E-state index contributed by atoms with van der Waals surface area (Å²) >= 11 is 0. The Bertz CT molecular complexity index is 679. The maximum Gasteiger partial charge on any atom is 0.427 e. The predicted octanol–water partition coefficient (Wildman–Crippen LogP) is 3.27. The number of carboxylic acids is 1. The molecule has 2 aliphatic heterocycles. The van der Waals surface area contributed by atoms with Crippen molar-refractivity contribution in [2.75, 3.05) is 6.54 Å². The van der Waals surface area contributed by atoms with Crippen LogP contribution in [0.1, 0.15) is 38.5 Å². The summed E-state index contributed by atoms with van der Waals surface area (Å²) in [5.41, 5.74) is 5.58. The number of benzene rings is 1. The van der Waals surface area contributed by atoms with Gasteiger partial charge in [0.15, 0.2) is 0 Å². The van der Waals surface area contributed by atoms with Crippen LogP contribution >= 0.6 is 0 Å². The van der Waals surface area contributed by atoms with Gasteiger partial charge in [-0.1, -0.05) is 30.4 Å². The number of para-hydroxylation sites is 1. The van der Waals surface area contributed by atoms with Crippen molar-refractivity contribution in [2.45, 2.75) is 50.7 Å². The van der Waals surface area contributed by atoms with Crippen LogP contribution in [0.15, 0.2) is 42.5 Å². The summed E-state index contributed by atoms with van der Waals surface area (Å²) in [5, 5.41) is 8.67. The molecule has 7 nitrogen and oxygen atoms in total. The Morgan fingerprint density at radius 1 is 1.14 bits per heavy atom. The Hall–Kier alpha value is -2.38. The normalized spacial score (nSPS) is 25.9. The number of carbonyl (C=O) groups excluding carboxylic acids is 1. The molecule has 28 heavy (non-hydrogen) atoms. The number of carboxylic acid groups (broad SMARTS) is 1. The highest BCUT2D eigenvalue weighted by Gasteiger charge is 2.47. The molecule has 2 bridgehead atoms. The zero-order valence-electron chi connectivity index (χ0n) is 15.9. The summed E-state index contributed by atoms with van der Waals surface area (Å²) < 4.78 is 11.3. The van der Waals surface area contributed by atoms with E-state index < -0.39 is 12.1 Å². The zero-order valence-corrected chi connectivity index (χ0v) is 15.9. The van der Waals surface area contributed by atoms with Crippen LogP contribution in [0.3, 0.4) is 0 Å². The van der Waals surface area contributed by atoms with Gasteiger partial charge < -0.3 is 14.6 Å². The Morgan fingerprint density at radius 3 is 2.64 bits per heavy atom. The van der Waals surface area contributed by atoms with E-state index >= 15 is 0 Å². The molecule has 1 amide bonds. The molecule has 0 unspecified atom stereocenters. The highest BCUT2D eigenvalue weighted by atomic mass is 16.6. The van der Waals surface area contributed by atoms with Gasteiger partial charge in [-0.15, -0.1) is 0 Å². The van der Waals surface area contributed by atoms with Gasteiger partial charge in [0, 0.05) is 18.9 Å². The number of allylic oxidation sites excluding steroid dienone is 2. The number of hydrazine groups is 1. The van der Waals surface area contributed by atoms with E-state index in [9.17, 15) is 9.59 Å². The maximum absolute atomic E-state index is 11.9. The second-order valence-corrected chi connectivity index (χ2v) is 7.32. The fraction of sp³-hybridized carbons (Fsp3) is 0.524. The summed E-state index contributed by atoms with van der Waals surface area (Å²) in [4.78, 5) is 22.4. The summed E-state index contributed by atoms with van der Waals surface area (Å²) in [6.07, 6.45) is 8.88. The van der Waals surface area contributed by atoms with Crippen LogP contribution in [0.2, 0.25) is 0 Å². The largest absolute Gasteiger partial charge is 0.481 e. The fourth-order valence-electron chi connectivity index (χ4n) is 4.08. The number of aliphatic carboxylic acids is 1. The fourth-order valence-corrected chi connectivity index (χ4v) is 4.08. The summed E-state index contributed by atoms with van der Waals surface area (Å²) in [6.45, 7) is 0.628. The van der Waals surface area contributed by atoms with Crippen LogP contribution in [0.25, 0.3) is 0 Å². The van der Waals surface area contributed by atoms with Gasteiger partial charge in [-0.05, 0) is 50.2 Å². The van der Waals surface area contributed by atoms with Gasteiger partial charge in [0.05, 0.1) is 12.2 Å². The van der Waals surface area contributed by atoms with E-state index in [1.807, 2.05) is 18.2 Å². The minimum Gasteiger partial charge on any atom is -0.481 e. The SMILES string of the molecule is O=C(O)CCC/C=C\C[C@@H]1[C@@H](CNNC(=O)Oc2ccccc2)[C@@H]2CC[C@H]1O2. The van der Waals surface area contributed by atoms with Crippen molar-refractivity contribution in [3.63, 3.8) is 0 Å². The molecule has 0 aromatic heterocycles. The third-order valence-electron chi connectivity index (χ3n) is 5.41. The van der Waals surface area contributed by atoms with Crippen LogP contribution in [0, 0.1) is 11.8 Å². The number of amides is 1. The molecular formula is C21H28N2O5. The van der Waals surface area contributed by atoms with Gasteiger partial charge in [-0.25, -0.2) is 10.2 Å². The van der Waals surface area contributed by atoms with Crippen LogP contribution in [-0.2, 0) is 9.53 Å². The van der Waals surface area contributed by atoms with Crippen molar-refractivity contribution >= 4 is 12.1 Å². The molecule has 4 atom stereocenters. The molecule has 2 heterocycles. The lowest BCUT2D eigenvalue weighted by Crippen LogP contribution is -2.45. The van der Waals surface area contributed by atoms with Crippen molar-refractivity contribution in [2.24, 2.45) is 11.8 Å². The number of fused-ring (bicyclic) bond motifs is 2. The molecule has 152 valence electrons. The zero-order chi connectivity index (χ0) is 19.8. The van der Waals surface area contributed by atoms with Gasteiger partial charge in [0.1, 0.15) is 5.75 Å². The van der Waals surface area contributed by atoms with Gasteiger partial charge in [0.25, 0.3) is 0 Å². The van der Waals surface area contributed by atoms with Crippen molar-refractivity contribution in [3.8, 4) is 5.75 Å². The molecular weight excluding hydrogens is 360 g/mol. The molecule has 0 aliphatic carbocycles. The lowest BCUT2D eigenvalue weighted by Gasteiger charge is -2.27. The molecule has 1 aromatic carbocycles. The van der Waals surface area contributed by atoms with E-state index in [1.165, 1.54) is 0 Å². The third kappa shape index (κ3) is 5.81. The summed E-state index contributed by atoms with van der Waals surface area (Å²) in [5.74, 6) is 0.490. The van der Waals surface area contributed by atoms with Crippen LogP contribution in [0.5, 0.6) is 5.75 Å². The van der Waals surface area contributed by atoms with E-state index in [1.54, 1.807) is 12.1 Å². The molecule has 2 aliphatic rings. The van der Waals surface area contributed by atoms with Crippen molar-refractivity contribution in [1.82, 2.24) is 10.9 Å². The highest BCUT2D eigenvalue weighted by molar-refractivity contribution is 5.69. The smallest absolute Gasteiger partial charge is 0.427 e. The monoisotopic (exact) mass is 388 g/mol. The van der Waals surface area contributed by atoms with Crippen LogP contribution < -0.4 is 15.6 Å². The quantitative estimate of drug-likeness (QED) is 0.323. The first-order valence-electron chi connectivity index (χ1n) is 9.91. The third-order valence-corrected chi connectivity index (χ3v) is 5.41. The molecule has 3 N–H and O–H groups in total. The van der Waals surface area contributed by atoms with E-state index in [2.05, 4.69) is 23.0 Å². The molecule has 0 spiro atoms. The van der Waals surface area contributed by atoms with E-state index in [-0.39, 0.29) is 18.6 Å². The number of rotatable bonds is 10. The second kappa shape index (κ2) is 10.2. The van der Waals surface area contributed by atoms with E-state index in [0.717, 1.165) is 25.7 Å². The number of nitrogens with one attached hydrogen (secondary N) is 2. The van der Waals surface area contributed by atoms with Gasteiger partial charge in [-0.3, -0.25) is 10.2 Å². The molecule has 3 rings (SSSR count). The topological polar surface area (TPSA) is 96.9 Å². The number of ether oxygens (including phenoxy) is 2. The molecule has 7 heteroatoms.